The quantitative estimate of drug-likeness (QED) is 0.386. The first kappa shape index (κ1) is 24.2. The van der Waals surface area contributed by atoms with Gasteiger partial charge in [-0.3, -0.25) is 4.79 Å². The fraction of sp³-hybridized carbons (Fsp3) is 0.296. The molecule has 0 saturated carbocycles. The monoisotopic (exact) mass is 476 g/mol. The van der Waals surface area contributed by atoms with Crippen LogP contribution in [0.25, 0.3) is 16.9 Å². The van der Waals surface area contributed by atoms with E-state index < -0.39 is 0 Å². The number of nitrogens with zero attached hydrogens (tertiary/aromatic N) is 3. The van der Waals surface area contributed by atoms with Crippen molar-refractivity contribution in [1.29, 1.82) is 0 Å². The second-order valence-electron chi connectivity index (χ2n) is 8.35. The molecule has 2 aromatic carbocycles. The van der Waals surface area contributed by atoms with Gasteiger partial charge in [-0.15, -0.1) is 0 Å². The lowest BCUT2D eigenvalue weighted by Crippen LogP contribution is -2.26. The van der Waals surface area contributed by atoms with Crippen LogP contribution in [-0.2, 0) is 17.6 Å². The highest BCUT2D eigenvalue weighted by Crippen LogP contribution is 2.25. The van der Waals surface area contributed by atoms with Crippen molar-refractivity contribution < 1.29 is 18.7 Å². The molecule has 2 heterocycles. The fourth-order valence-electron chi connectivity index (χ4n) is 4.20. The molecule has 0 saturated heterocycles. The number of methoxy groups -OCH3 is 2. The van der Waals surface area contributed by atoms with Crippen LogP contribution in [0.1, 0.15) is 28.9 Å². The number of rotatable bonds is 9. The first-order chi connectivity index (χ1) is 16.9. The number of carbonyl (C=O) groups is 1. The van der Waals surface area contributed by atoms with Crippen LogP contribution in [0.4, 0.5) is 4.39 Å². The third-order valence-corrected chi connectivity index (χ3v) is 6.10. The molecule has 1 N–H and O–H groups in total. The molecule has 182 valence electrons. The minimum absolute atomic E-state index is 0.0303. The number of amides is 1. The highest BCUT2D eigenvalue weighted by atomic mass is 19.1. The smallest absolute Gasteiger partial charge is 0.220 e. The first-order valence-corrected chi connectivity index (χ1v) is 11.5. The van der Waals surface area contributed by atoms with Gasteiger partial charge >= 0.3 is 0 Å². The van der Waals surface area contributed by atoms with Gasteiger partial charge in [-0.2, -0.15) is 5.10 Å². The molecule has 2 aromatic heterocycles. The van der Waals surface area contributed by atoms with Crippen LogP contribution >= 0.6 is 0 Å². The van der Waals surface area contributed by atoms with Crippen LogP contribution in [0.15, 0.2) is 48.5 Å². The van der Waals surface area contributed by atoms with E-state index in [4.69, 9.17) is 9.47 Å². The number of ether oxygens (including phenoxy) is 2. The standard InChI is InChI=1S/C27H29FN4O3/c1-17-23(10-11-27(33)29-13-12-19-8-9-22(34-3)15-25(19)35-4)18(2)32-26(30-17)16-24(31-32)20-6-5-7-21(28)14-20/h5-9,14-16H,10-13H2,1-4H3,(H,29,33). The van der Waals surface area contributed by atoms with Gasteiger partial charge < -0.3 is 14.8 Å². The highest BCUT2D eigenvalue weighted by molar-refractivity contribution is 5.76. The number of hydrogen-bond donors (Lipinski definition) is 1. The molecular formula is C27H29FN4O3. The molecule has 0 aliphatic carbocycles. The maximum absolute atomic E-state index is 13.6. The Kier molecular flexibility index (Phi) is 7.29. The van der Waals surface area contributed by atoms with E-state index in [2.05, 4.69) is 15.4 Å². The molecule has 0 atom stereocenters. The summed E-state index contributed by atoms with van der Waals surface area (Å²) in [6.45, 7) is 4.41. The summed E-state index contributed by atoms with van der Waals surface area (Å²) < 4.78 is 26.1. The number of halogens is 1. The summed E-state index contributed by atoms with van der Waals surface area (Å²) in [7, 11) is 3.23. The van der Waals surface area contributed by atoms with Gasteiger partial charge in [0.15, 0.2) is 5.65 Å². The zero-order valence-corrected chi connectivity index (χ0v) is 20.4. The summed E-state index contributed by atoms with van der Waals surface area (Å²) in [6, 6.07) is 13.8. The van der Waals surface area contributed by atoms with Crippen molar-refractivity contribution in [1.82, 2.24) is 19.9 Å². The Hall–Kier alpha value is -3.94. The molecule has 1 amide bonds. The molecule has 4 aromatic rings. The van der Waals surface area contributed by atoms with Crippen LogP contribution in [0, 0.1) is 19.7 Å². The van der Waals surface area contributed by atoms with Crippen LogP contribution in [0.2, 0.25) is 0 Å². The Labute approximate surface area is 203 Å². The van der Waals surface area contributed by atoms with Gasteiger partial charge in [0.05, 0.1) is 19.9 Å². The molecule has 35 heavy (non-hydrogen) atoms. The maximum Gasteiger partial charge on any atom is 0.220 e. The van der Waals surface area contributed by atoms with Crippen LogP contribution in [0.3, 0.4) is 0 Å². The van der Waals surface area contributed by atoms with Gasteiger partial charge in [-0.1, -0.05) is 18.2 Å². The first-order valence-electron chi connectivity index (χ1n) is 11.5. The number of aryl methyl sites for hydroxylation is 2. The predicted molar refractivity (Wildman–Crippen MR) is 132 cm³/mol. The molecule has 0 aliphatic rings. The highest BCUT2D eigenvalue weighted by Gasteiger charge is 2.15. The lowest BCUT2D eigenvalue weighted by molar-refractivity contribution is -0.121. The summed E-state index contributed by atoms with van der Waals surface area (Å²) in [5, 5.41) is 7.61. The minimum atomic E-state index is -0.308. The van der Waals surface area contributed by atoms with E-state index in [9.17, 15) is 9.18 Å². The van der Waals surface area contributed by atoms with Gasteiger partial charge in [0.2, 0.25) is 5.91 Å². The Morgan fingerprint density at radius 3 is 2.63 bits per heavy atom. The van der Waals surface area contributed by atoms with Crippen LogP contribution < -0.4 is 14.8 Å². The number of carbonyl (C=O) groups excluding carboxylic acids is 1. The average molecular weight is 477 g/mol. The number of hydrogen-bond acceptors (Lipinski definition) is 5. The molecule has 0 unspecified atom stereocenters. The number of fused-ring (bicyclic) bond motifs is 1. The largest absolute Gasteiger partial charge is 0.497 e. The summed E-state index contributed by atoms with van der Waals surface area (Å²) in [5.74, 6) is 1.13. The Balaban J connectivity index is 1.40. The number of aromatic nitrogens is 3. The maximum atomic E-state index is 13.6. The van der Waals surface area contributed by atoms with Gasteiger partial charge in [0.1, 0.15) is 17.3 Å². The molecular weight excluding hydrogens is 447 g/mol. The SMILES string of the molecule is COc1ccc(CCNC(=O)CCc2c(C)nc3cc(-c4cccc(F)c4)nn3c2C)c(OC)c1. The van der Waals surface area contributed by atoms with Crippen molar-refractivity contribution in [2.24, 2.45) is 0 Å². The normalized spacial score (nSPS) is 11.0. The second kappa shape index (κ2) is 10.5. The van der Waals surface area contributed by atoms with Crippen molar-refractivity contribution in [2.45, 2.75) is 33.1 Å². The van der Waals surface area contributed by atoms with E-state index in [1.165, 1.54) is 12.1 Å². The average Bonchev–Trinajstić information content (AvgIpc) is 3.28. The topological polar surface area (TPSA) is 77.8 Å². The summed E-state index contributed by atoms with van der Waals surface area (Å²) in [5.41, 5.74) is 5.81. The predicted octanol–water partition coefficient (Wildman–Crippen LogP) is 4.46. The number of benzene rings is 2. The van der Waals surface area contributed by atoms with E-state index in [1.54, 1.807) is 24.8 Å². The molecule has 0 fully saturated rings. The molecule has 0 aliphatic heterocycles. The van der Waals surface area contributed by atoms with E-state index >= 15 is 0 Å². The third-order valence-electron chi connectivity index (χ3n) is 6.10. The van der Waals surface area contributed by atoms with Gasteiger partial charge in [-0.25, -0.2) is 13.9 Å². The minimum Gasteiger partial charge on any atom is -0.497 e. The zero-order chi connectivity index (χ0) is 24.9. The lowest BCUT2D eigenvalue weighted by atomic mass is 10.1. The molecule has 0 radical (unpaired) electrons. The molecule has 7 nitrogen and oxygen atoms in total. The van der Waals surface area contributed by atoms with Crippen molar-refractivity contribution in [3.8, 4) is 22.8 Å². The van der Waals surface area contributed by atoms with Crippen molar-refractivity contribution in [3.05, 3.63) is 76.9 Å². The van der Waals surface area contributed by atoms with Gasteiger partial charge in [0, 0.05) is 42.0 Å². The fourth-order valence-corrected chi connectivity index (χ4v) is 4.20. The van der Waals surface area contributed by atoms with E-state index in [0.717, 1.165) is 34.0 Å². The molecule has 8 heteroatoms. The van der Waals surface area contributed by atoms with Crippen molar-refractivity contribution in [3.63, 3.8) is 0 Å². The Morgan fingerprint density at radius 2 is 1.89 bits per heavy atom. The second-order valence-corrected chi connectivity index (χ2v) is 8.35. The molecule has 0 bridgehead atoms. The van der Waals surface area contributed by atoms with Gasteiger partial charge in [-0.05, 0) is 56.0 Å². The van der Waals surface area contributed by atoms with E-state index in [0.29, 0.717) is 42.7 Å². The Bertz CT molecular complexity index is 1370. The van der Waals surface area contributed by atoms with Crippen LogP contribution in [-0.4, -0.2) is 41.3 Å². The van der Waals surface area contributed by atoms with Crippen molar-refractivity contribution in [2.75, 3.05) is 20.8 Å². The lowest BCUT2D eigenvalue weighted by Gasteiger charge is -2.12. The van der Waals surface area contributed by atoms with Crippen LogP contribution in [0.5, 0.6) is 11.5 Å². The Morgan fingerprint density at radius 1 is 1.06 bits per heavy atom. The third kappa shape index (κ3) is 5.42. The summed E-state index contributed by atoms with van der Waals surface area (Å²) in [4.78, 5) is 17.2. The van der Waals surface area contributed by atoms with E-state index in [-0.39, 0.29) is 11.7 Å². The van der Waals surface area contributed by atoms with Crippen molar-refractivity contribution >= 4 is 11.6 Å². The number of nitrogens with one attached hydrogen (secondary N) is 1. The van der Waals surface area contributed by atoms with Gasteiger partial charge in [0.25, 0.3) is 0 Å². The van der Waals surface area contributed by atoms with E-state index in [1.807, 2.05) is 44.2 Å². The molecule has 0 spiro atoms. The summed E-state index contributed by atoms with van der Waals surface area (Å²) >= 11 is 0. The summed E-state index contributed by atoms with van der Waals surface area (Å²) in [6.07, 6.45) is 1.54. The molecule has 4 rings (SSSR count). The zero-order valence-electron chi connectivity index (χ0n) is 20.4.